The topological polar surface area (TPSA) is 95.9 Å². The van der Waals surface area contributed by atoms with Crippen molar-refractivity contribution < 1.29 is 24.5 Å². The summed E-state index contributed by atoms with van der Waals surface area (Å²) < 4.78 is 5.50. The third-order valence-electron chi connectivity index (χ3n) is 14.7. The van der Waals surface area contributed by atoms with Crippen LogP contribution in [0.2, 0.25) is 0 Å². The van der Waals surface area contributed by atoms with Crippen molar-refractivity contribution in [3.05, 3.63) is 36.5 Å². The second kappa shape index (κ2) is 60.6. The van der Waals surface area contributed by atoms with E-state index >= 15 is 0 Å². The highest BCUT2D eigenvalue weighted by Crippen LogP contribution is 2.18. The first-order valence-corrected chi connectivity index (χ1v) is 31.8. The lowest BCUT2D eigenvalue weighted by Crippen LogP contribution is -2.45. The molecule has 3 N–H and O–H groups in total. The quantitative estimate of drug-likeness (QED) is 0.0321. The normalized spacial score (nSPS) is 12.8. The summed E-state index contributed by atoms with van der Waals surface area (Å²) in [7, 11) is 0. The van der Waals surface area contributed by atoms with Gasteiger partial charge in [0.25, 0.3) is 0 Å². The van der Waals surface area contributed by atoms with Gasteiger partial charge >= 0.3 is 5.97 Å². The maximum atomic E-state index is 12.5. The molecule has 0 radical (unpaired) electrons. The summed E-state index contributed by atoms with van der Waals surface area (Å²) in [4.78, 5) is 24.5. The molecule has 71 heavy (non-hydrogen) atoms. The minimum atomic E-state index is -0.844. The molecule has 0 fully saturated rings. The van der Waals surface area contributed by atoms with Crippen LogP contribution in [0.1, 0.15) is 341 Å². The fourth-order valence-electron chi connectivity index (χ4n) is 9.78. The first-order chi connectivity index (χ1) is 35.0. The van der Waals surface area contributed by atoms with Gasteiger partial charge in [0.15, 0.2) is 0 Å². The van der Waals surface area contributed by atoms with Gasteiger partial charge in [-0.25, -0.2) is 0 Å². The number of rotatable bonds is 59. The number of carbonyl (C=O) groups excluding carboxylic acids is 2. The fraction of sp³-hybridized carbons (Fsp3) is 0.877. The summed E-state index contributed by atoms with van der Waals surface area (Å²) in [6.45, 7) is 4.89. The van der Waals surface area contributed by atoms with Crippen LogP contribution < -0.4 is 5.32 Å². The van der Waals surface area contributed by atoms with Gasteiger partial charge in [-0.1, -0.05) is 301 Å². The molecule has 0 aromatic carbocycles. The van der Waals surface area contributed by atoms with Crippen molar-refractivity contribution in [1.82, 2.24) is 5.32 Å². The Kier molecular flexibility index (Phi) is 59.0. The molecule has 0 heterocycles. The predicted molar refractivity (Wildman–Crippen MR) is 310 cm³/mol. The molecule has 6 heteroatoms. The smallest absolute Gasteiger partial charge is 0.305 e. The Bertz CT molecular complexity index is 1150. The van der Waals surface area contributed by atoms with E-state index in [1.54, 1.807) is 6.08 Å². The van der Waals surface area contributed by atoms with Gasteiger partial charge in [-0.2, -0.15) is 0 Å². The number of nitrogens with one attached hydrogen (secondary N) is 1. The third kappa shape index (κ3) is 57.2. The molecule has 1 amide bonds. The van der Waals surface area contributed by atoms with E-state index in [1.807, 2.05) is 6.08 Å². The van der Waals surface area contributed by atoms with E-state index in [1.165, 1.54) is 263 Å². The van der Waals surface area contributed by atoms with Crippen molar-refractivity contribution in [2.75, 3.05) is 13.2 Å². The zero-order valence-corrected chi connectivity index (χ0v) is 47.7. The second-order valence-electron chi connectivity index (χ2n) is 21.7. The molecular weight excluding hydrogens is 875 g/mol. The van der Waals surface area contributed by atoms with Crippen LogP contribution in [0, 0.1) is 0 Å². The van der Waals surface area contributed by atoms with Crippen LogP contribution in [0.15, 0.2) is 36.5 Å². The molecule has 2 unspecified atom stereocenters. The van der Waals surface area contributed by atoms with E-state index in [4.69, 9.17) is 4.74 Å². The summed E-state index contributed by atoms with van der Waals surface area (Å²) in [5.74, 6) is -0.0587. The summed E-state index contributed by atoms with van der Waals surface area (Å²) in [5.41, 5.74) is 0. The highest BCUT2D eigenvalue weighted by Gasteiger charge is 2.18. The molecular formula is C65H123NO5. The van der Waals surface area contributed by atoms with Crippen molar-refractivity contribution in [3.63, 3.8) is 0 Å². The highest BCUT2D eigenvalue weighted by atomic mass is 16.5. The van der Waals surface area contributed by atoms with Crippen molar-refractivity contribution in [3.8, 4) is 0 Å². The number of carbonyl (C=O) groups is 2. The molecule has 0 aliphatic heterocycles. The Morgan fingerprint density at radius 3 is 1.10 bits per heavy atom. The van der Waals surface area contributed by atoms with Crippen LogP contribution >= 0.6 is 0 Å². The Balaban J connectivity index is 3.38. The van der Waals surface area contributed by atoms with Crippen LogP contribution in [-0.4, -0.2) is 47.4 Å². The Morgan fingerprint density at radius 1 is 0.394 bits per heavy atom. The number of amides is 1. The first-order valence-electron chi connectivity index (χ1n) is 31.8. The van der Waals surface area contributed by atoms with E-state index in [9.17, 15) is 19.8 Å². The summed E-state index contributed by atoms with van der Waals surface area (Å²) in [6, 6.07) is -0.627. The molecule has 0 aromatic heterocycles. The maximum absolute atomic E-state index is 12.5. The van der Waals surface area contributed by atoms with Crippen LogP contribution in [0.4, 0.5) is 0 Å². The maximum Gasteiger partial charge on any atom is 0.305 e. The van der Waals surface area contributed by atoms with E-state index in [-0.39, 0.29) is 18.5 Å². The molecule has 0 spiro atoms. The lowest BCUT2D eigenvalue weighted by atomic mass is 10.0. The zero-order chi connectivity index (χ0) is 51.4. The molecule has 0 aliphatic carbocycles. The van der Waals surface area contributed by atoms with Crippen LogP contribution in [-0.2, 0) is 14.3 Å². The molecule has 0 aliphatic rings. The number of ether oxygens (including phenoxy) is 1. The average molecular weight is 999 g/mol. The largest absolute Gasteiger partial charge is 0.466 e. The van der Waals surface area contributed by atoms with Crippen LogP contribution in [0.3, 0.4) is 0 Å². The zero-order valence-electron chi connectivity index (χ0n) is 47.7. The first kappa shape index (κ1) is 69.1. The minimum Gasteiger partial charge on any atom is -0.466 e. The number of esters is 1. The molecule has 418 valence electrons. The molecule has 0 rings (SSSR count). The van der Waals surface area contributed by atoms with Crippen molar-refractivity contribution >= 4 is 11.9 Å². The van der Waals surface area contributed by atoms with Gasteiger partial charge < -0.3 is 20.3 Å². The van der Waals surface area contributed by atoms with Crippen molar-refractivity contribution in [2.45, 2.75) is 353 Å². The number of aliphatic hydroxyl groups is 2. The van der Waals surface area contributed by atoms with Gasteiger partial charge in [0, 0.05) is 12.8 Å². The summed E-state index contributed by atoms with van der Waals surface area (Å²) >= 11 is 0. The second-order valence-corrected chi connectivity index (χ2v) is 21.7. The minimum absolute atomic E-state index is 0.00900. The van der Waals surface area contributed by atoms with Crippen molar-refractivity contribution in [1.29, 1.82) is 0 Å². The van der Waals surface area contributed by atoms with E-state index in [2.05, 4.69) is 43.5 Å². The number of allylic oxidation sites excluding steroid dienone is 5. The molecule has 0 aromatic rings. The molecule has 0 saturated heterocycles. The third-order valence-corrected chi connectivity index (χ3v) is 14.7. The van der Waals surface area contributed by atoms with E-state index < -0.39 is 12.1 Å². The molecule has 0 bridgehead atoms. The van der Waals surface area contributed by atoms with Gasteiger partial charge in [0.05, 0.1) is 25.4 Å². The molecule has 2 atom stereocenters. The molecule has 6 nitrogen and oxygen atoms in total. The van der Waals surface area contributed by atoms with Gasteiger partial charge in [0.2, 0.25) is 5.91 Å². The monoisotopic (exact) mass is 998 g/mol. The number of hydrogen-bond donors (Lipinski definition) is 3. The van der Waals surface area contributed by atoms with Crippen LogP contribution in [0.25, 0.3) is 0 Å². The van der Waals surface area contributed by atoms with Gasteiger partial charge in [-0.15, -0.1) is 0 Å². The lowest BCUT2D eigenvalue weighted by molar-refractivity contribution is -0.143. The number of unbranched alkanes of at least 4 members (excludes halogenated alkanes) is 44. The Hall–Kier alpha value is -1.92. The lowest BCUT2D eigenvalue weighted by Gasteiger charge is -2.20. The fourth-order valence-corrected chi connectivity index (χ4v) is 9.78. The Morgan fingerprint density at radius 2 is 0.704 bits per heavy atom. The number of hydrogen-bond acceptors (Lipinski definition) is 5. The summed E-state index contributed by atoms with van der Waals surface area (Å²) in [6.07, 6.45) is 76.2. The van der Waals surface area contributed by atoms with Gasteiger partial charge in [-0.3, -0.25) is 9.59 Å². The highest BCUT2D eigenvalue weighted by molar-refractivity contribution is 5.76. The van der Waals surface area contributed by atoms with Crippen molar-refractivity contribution in [2.24, 2.45) is 0 Å². The number of aliphatic hydroxyl groups excluding tert-OH is 2. The van der Waals surface area contributed by atoms with Gasteiger partial charge in [0.1, 0.15) is 0 Å². The summed E-state index contributed by atoms with van der Waals surface area (Å²) in [5, 5.41) is 23.1. The van der Waals surface area contributed by atoms with Gasteiger partial charge in [-0.05, 0) is 64.2 Å². The molecule has 0 saturated carbocycles. The SMILES string of the molecule is CCCCC/C=C\C/C=C\CCCCCCCCCCCC(=O)OCCCCCCCCCCCCCCCCCCCCCCCCC(=O)NC(CO)C(O)/C=C/CCCCCCCCCCCCC. The standard InChI is InChI=1S/C65H123NO5/c1-3-5-7-9-11-13-15-17-18-19-24-28-31-35-39-43-47-51-55-59-65(70)71-60-56-52-48-44-40-36-32-29-26-23-21-20-22-25-27-30-34-38-42-46-50-54-58-64(69)66-62(61-67)63(68)57-53-49-45-41-37-33-16-14-12-10-8-6-4-2/h11,13,17-18,53,57,62-63,67-68H,3-10,12,14-16,19-52,54-56,58-61H2,1-2H3,(H,66,69)/b13-11-,18-17-,57-53+. The average Bonchev–Trinajstić information content (AvgIpc) is 3.37. The van der Waals surface area contributed by atoms with E-state index in [0.29, 0.717) is 19.4 Å². The van der Waals surface area contributed by atoms with E-state index in [0.717, 1.165) is 51.4 Å². The Labute approximate surface area is 443 Å². The predicted octanol–water partition coefficient (Wildman–Crippen LogP) is 20.0. The van der Waals surface area contributed by atoms with Crippen LogP contribution in [0.5, 0.6) is 0 Å².